The molecule has 0 spiro atoms. The van der Waals surface area contributed by atoms with Gasteiger partial charge < -0.3 is 0 Å². The number of thioether (sulfide) groups is 1. The molecule has 2 aromatic rings. The molecule has 6 atom stereocenters. The first-order valence-corrected chi connectivity index (χ1v) is 10.0. The largest absolute Gasteiger partial charge is 0.137 e. The molecule has 0 amide bonds. The minimum Gasteiger partial charge on any atom is -0.137 e. The first kappa shape index (κ1) is 13.1. The zero-order valence-electron chi connectivity index (χ0n) is 13.3. The van der Waals surface area contributed by atoms with Gasteiger partial charge in [-0.05, 0) is 60.5 Å². The summed E-state index contributed by atoms with van der Waals surface area (Å²) >= 11 is 2.39. The quantitative estimate of drug-likeness (QED) is 0.695. The molecule has 116 valence electrons. The Labute approximate surface area is 142 Å². The van der Waals surface area contributed by atoms with Crippen LogP contribution in [0.3, 0.4) is 0 Å². The van der Waals surface area contributed by atoms with Gasteiger partial charge in [0.15, 0.2) is 0 Å². The minimum absolute atomic E-state index is 0.420. The lowest BCUT2D eigenvalue weighted by molar-refractivity contribution is 0.166. The van der Waals surface area contributed by atoms with E-state index >= 15 is 0 Å². The summed E-state index contributed by atoms with van der Waals surface area (Å²) in [6.07, 6.45) is 5.84. The van der Waals surface area contributed by atoms with Gasteiger partial charge in [0.2, 0.25) is 0 Å². The Morgan fingerprint density at radius 3 is 1.26 bits per heavy atom. The first-order valence-electron chi connectivity index (χ1n) is 9.18. The van der Waals surface area contributed by atoms with Crippen LogP contribution in [-0.2, 0) is 9.49 Å². The number of fused-ring (bicyclic) bond motifs is 2. The third kappa shape index (κ3) is 1.31. The predicted octanol–water partition coefficient (Wildman–Crippen LogP) is 5.59. The van der Waals surface area contributed by atoms with Crippen LogP contribution in [0.4, 0.5) is 0 Å². The van der Waals surface area contributed by atoms with E-state index in [1.807, 2.05) is 0 Å². The van der Waals surface area contributed by atoms with Crippen molar-refractivity contribution < 1.29 is 0 Å². The summed E-state index contributed by atoms with van der Waals surface area (Å²) in [6, 6.07) is 23.1. The van der Waals surface area contributed by atoms with Crippen LogP contribution in [0, 0.1) is 23.7 Å². The Bertz CT molecular complexity index is 665. The molecule has 6 rings (SSSR count). The summed E-state index contributed by atoms with van der Waals surface area (Å²) in [5, 5.41) is 0. The molecule has 2 unspecified atom stereocenters. The van der Waals surface area contributed by atoms with Gasteiger partial charge in [-0.1, -0.05) is 60.7 Å². The van der Waals surface area contributed by atoms with Crippen molar-refractivity contribution in [2.24, 2.45) is 23.7 Å². The molecule has 2 aliphatic carbocycles. The van der Waals surface area contributed by atoms with Crippen LogP contribution in [-0.4, -0.2) is 0 Å². The van der Waals surface area contributed by atoms with Gasteiger partial charge in [0, 0.05) is 9.49 Å². The SMILES string of the molecule is c1ccc(C23SC4(c5ccccc5)[C@@H]5CC[C@H]4[C@H]2CC[C@@H]53)cc1. The van der Waals surface area contributed by atoms with Gasteiger partial charge >= 0.3 is 0 Å². The van der Waals surface area contributed by atoms with E-state index in [1.54, 1.807) is 11.1 Å². The van der Waals surface area contributed by atoms with Crippen LogP contribution in [0.1, 0.15) is 36.8 Å². The van der Waals surface area contributed by atoms with Crippen molar-refractivity contribution in [1.82, 2.24) is 0 Å². The Balaban J connectivity index is 1.60. The summed E-state index contributed by atoms with van der Waals surface area (Å²) in [7, 11) is 0. The van der Waals surface area contributed by atoms with Crippen LogP contribution in [0.5, 0.6) is 0 Å². The van der Waals surface area contributed by atoms with Crippen molar-refractivity contribution in [1.29, 1.82) is 0 Å². The van der Waals surface area contributed by atoms with Crippen LogP contribution in [0.25, 0.3) is 0 Å². The summed E-state index contributed by atoms with van der Waals surface area (Å²) < 4.78 is 0.839. The fourth-order valence-electron chi connectivity index (χ4n) is 7.08. The maximum atomic E-state index is 2.42. The lowest BCUT2D eigenvalue weighted by Gasteiger charge is -2.40. The molecule has 0 radical (unpaired) electrons. The van der Waals surface area contributed by atoms with E-state index in [0.717, 1.165) is 23.7 Å². The molecule has 2 aliphatic heterocycles. The second-order valence-electron chi connectivity index (χ2n) is 8.00. The normalized spacial score (nSPS) is 45.7. The number of hydrogen-bond donors (Lipinski definition) is 0. The van der Waals surface area contributed by atoms with Crippen molar-refractivity contribution >= 4 is 11.8 Å². The molecule has 2 saturated carbocycles. The highest BCUT2D eigenvalue weighted by Crippen LogP contribution is 2.86. The van der Waals surface area contributed by atoms with Crippen LogP contribution in [0.2, 0.25) is 0 Å². The van der Waals surface area contributed by atoms with E-state index in [4.69, 9.17) is 0 Å². The van der Waals surface area contributed by atoms with Crippen molar-refractivity contribution in [2.45, 2.75) is 35.2 Å². The second kappa shape index (κ2) is 4.25. The molecule has 0 nitrogen and oxygen atoms in total. The molecule has 0 aromatic heterocycles. The number of benzene rings is 2. The Morgan fingerprint density at radius 1 is 0.565 bits per heavy atom. The molecule has 2 aromatic carbocycles. The van der Waals surface area contributed by atoms with Crippen LogP contribution >= 0.6 is 11.8 Å². The molecule has 4 aliphatic rings. The summed E-state index contributed by atoms with van der Waals surface area (Å²) in [5.74, 6) is 3.61. The molecule has 0 N–H and O–H groups in total. The summed E-state index contributed by atoms with van der Waals surface area (Å²) in [6.45, 7) is 0. The molecule has 2 heterocycles. The van der Waals surface area contributed by atoms with Crippen molar-refractivity contribution in [3.05, 3.63) is 71.8 Å². The molecule has 2 saturated heterocycles. The van der Waals surface area contributed by atoms with Gasteiger partial charge in [0.25, 0.3) is 0 Å². The van der Waals surface area contributed by atoms with Crippen LogP contribution < -0.4 is 0 Å². The highest BCUT2D eigenvalue weighted by Gasteiger charge is 2.79. The van der Waals surface area contributed by atoms with E-state index in [-0.39, 0.29) is 0 Å². The van der Waals surface area contributed by atoms with Gasteiger partial charge in [-0.2, -0.15) is 0 Å². The van der Waals surface area contributed by atoms with E-state index < -0.39 is 0 Å². The standard InChI is InChI=1S/C22H22S/c1-3-7-15(8-4-1)21-17-11-12-18(21)20-14-13-19(17)22(20,23-21)16-9-5-2-6-10-16/h1-10,17-20H,11-14H2/t17-,18+,19+,20-,21?,22?. The third-order valence-corrected chi connectivity index (χ3v) is 9.90. The molecule has 2 bridgehead atoms. The average Bonchev–Trinajstić information content (AvgIpc) is 3.21. The van der Waals surface area contributed by atoms with Gasteiger partial charge in [-0.15, -0.1) is 11.8 Å². The van der Waals surface area contributed by atoms with Crippen LogP contribution in [0.15, 0.2) is 60.7 Å². The lowest BCUT2D eigenvalue weighted by atomic mass is 9.62. The predicted molar refractivity (Wildman–Crippen MR) is 96.3 cm³/mol. The zero-order valence-corrected chi connectivity index (χ0v) is 14.1. The van der Waals surface area contributed by atoms with E-state index in [9.17, 15) is 0 Å². The maximum absolute atomic E-state index is 2.42. The zero-order chi connectivity index (χ0) is 15.1. The highest BCUT2D eigenvalue weighted by atomic mass is 32.2. The Hall–Kier alpha value is -1.21. The fourth-order valence-corrected chi connectivity index (χ4v) is 9.88. The number of hydrogen-bond acceptors (Lipinski definition) is 1. The van der Waals surface area contributed by atoms with Gasteiger partial charge in [-0.3, -0.25) is 0 Å². The Morgan fingerprint density at radius 2 is 0.913 bits per heavy atom. The monoisotopic (exact) mass is 318 g/mol. The molecule has 4 fully saturated rings. The van der Waals surface area contributed by atoms with Gasteiger partial charge in [0.05, 0.1) is 0 Å². The second-order valence-corrected chi connectivity index (χ2v) is 9.56. The topological polar surface area (TPSA) is 0 Å². The molecule has 23 heavy (non-hydrogen) atoms. The summed E-state index contributed by atoms with van der Waals surface area (Å²) in [5.41, 5.74) is 3.26. The molecule has 1 heteroatoms. The maximum Gasteiger partial charge on any atom is 0.0480 e. The minimum atomic E-state index is 0.420. The number of rotatable bonds is 2. The van der Waals surface area contributed by atoms with E-state index in [1.165, 1.54) is 25.7 Å². The average molecular weight is 318 g/mol. The van der Waals surface area contributed by atoms with Crippen molar-refractivity contribution in [3.63, 3.8) is 0 Å². The van der Waals surface area contributed by atoms with E-state index in [2.05, 4.69) is 72.4 Å². The Kier molecular flexibility index (Phi) is 2.42. The van der Waals surface area contributed by atoms with Crippen molar-refractivity contribution in [3.8, 4) is 0 Å². The van der Waals surface area contributed by atoms with E-state index in [0.29, 0.717) is 9.49 Å². The van der Waals surface area contributed by atoms with Crippen molar-refractivity contribution in [2.75, 3.05) is 0 Å². The molecular weight excluding hydrogens is 296 g/mol. The molecular formula is C22H22S. The van der Waals surface area contributed by atoms with Gasteiger partial charge in [-0.25, -0.2) is 0 Å². The third-order valence-electron chi connectivity index (χ3n) is 7.54. The smallest absolute Gasteiger partial charge is 0.0480 e. The summed E-state index contributed by atoms with van der Waals surface area (Å²) in [4.78, 5) is 0. The fraction of sp³-hybridized carbons (Fsp3) is 0.455. The highest BCUT2D eigenvalue weighted by molar-refractivity contribution is 8.01. The first-order chi connectivity index (χ1) is 11.4. The lowest BCUT2D eigenvalue weighted by Crippen LogP contribution is -2.40. The van der Waals surface area contributed by atoms with Gasteiger partial charge in [0.1, 0.15) is 0 Å².